The zero-order valence-corrected chi connectivity index (χ0v) is 29.8. The molecule has 2 amide bonds. The number of rotatable bonds is 13. The van der Waals surface area contributed by atoms with Crippen molar-refractivity contribution in [3.05, 3.63) is 11.6 Å². The van der Waals surface area contributed by atoms with Crippen LogP contribution in [0.25, 0.3) is 0 Å². The van der Waals surface area contributed by atoms with Crippen molar-refractivity contribution in [1.82, 2.24) is 10.2 Å². The zero-order valence-electron chi connectivity index (χ0n) is 29.8. The summed E-state index contributed by atoms with van der Waals surface area (Å²) in [5.41, 5.74) is 2.32. The highest BCUT2D eigenvalue weighted by Gasteiger charge is 2.59. The van der Waals surface area contributed by atoms with Gasteiger partial charge in [0.1, 0.15) is 6.10 Å². The lowest BCUT2D eigenvalue weighted by atomic mass is 9.47. The molecule has 10 atom stereocenters. The predicted octanol–water partition coefficient (Wildman–Crippen LogP) is 7.49. The number of likely N-dealkylation sites (tertiary alicyclic amines) is 1. The number of nitrogens with one attached hydrogen (secondary N) is 1. The highest BCUT2D eigenvalue weighted by Crippen LogP contribution is 2.67. The fourth-order valence-corrected chi connectivity index (χ4v) is 11.1. The number of aliphatic hydroxyl groups excluding tert-OH is 2. The van der Waals surface area contributed by atoms with Gasteiger partial charge in [-0.1, -0.05) is 72.0 Å². The Bertz CT molecular complexity index is 1080. The molecule has 4 fully saturated rings. The SMILES string of the molecule is CC(C)CCCC(C)[C@H]1CCC2C3CC=C4CC(OC(=O)NCCCCCC(=O)N5CC(O)C(CO)C5)CCC4(C)C3CC[C@@]21C. The first kappa shape index (κ1) is 35.7. The van der Waals surface area contributed by atoms with Gasteiger partial charge in [0.2, 0.25) is 5.91 Å². The van der Waals surface area contributed by atoms with Gasteiger partial charge in [0, 0.05) is 38.4 Å². The number of nitrogens with zero attached hydrogens (tertiary/aromatic N) is 1. The molecule has 7 nitrogen and oxygen atoms in total. The van der Waals surface area contributed by atoms with E-state index in [4.69, 9.17) is 4.74 Å². The van der Waals surface area contributed by atoms with Crippen LogP contribution in [0.3, 0.4) is 0 Å². The van der Waals surface area contributed by atoms with Crippen LogP contribution in [-0.4, -0.2) is 65.6 Å². The molecule has 3 saturated carbocycles. The zero-order chi connectivity index (χ0) is 33.1. The third kappa shape index (κ3) is 7.66. The molecule has 0 spiro atoms. The number of carbonyl (C=O) groups is 2. The van der Waals surface area contributed by atoms with E-state index in [9.17, 15) is 19.8 Å². The first-order valence-corrected chi connectivity index (χ1v) is 19.2. The van der Waals surface area contributed by atoms with E-state index in [1.54, 1.807) is 10.5 Å². The first-order chi connectivity index (χ1) is 22.0. The minimum absolute atomic E-state index is 0.0341. The molecule has 0 aromatic rings. The Morgan fingerprint density at radius 1 is 1.00 bits per heavy atom. The van der Waals surface area contributed by atoms with Crippen molar-refractivity contribution < 1.29 is 24.5 Å². The molecule has 8 unspecified atom stereocenters. The third-order valence-corrected chi connectivity index (χ3v) is 13.9. The van der Waals surface area contributed by atoms with E-state index in [1.165, 1.54) is 51.4 Å². The quantitative estimate of drug-likeness (QED) is 0.143. The molecular weight excluding hydrogens is 576 g/mol. The van der Waals surface area contributed by atoms with Crippen molar-refractivity contribution in [2.75, 3.05) is 26.2 Å². The van der Waals surface area contributed by atoms with Crippen LogP contribution in [0.5, 0.6) is 0 Å². The van der Waals surface area contributed by atoms with Gasteiger partial charge < -0.3 is 25.2 Å². The minimum Gasteiger partial charge on any atom is -0.446 e. The average Bonchev–Trinajstić information content (AvgIpc) is 3.58. The molecule has 5 aliphatic rings. The van der Waals surface area contributed by atoms with Crippen LogP contribution in [0.2, 0.25) is 0 Å². The number of hydrogen-bond acceptors (Lipinski definition) is 5. The number of aliphatic hydroxyl groups is 2. The standard InChI is InChI=1S/C39H66N2O5/c1-26(2)10-9-11-27(3)32-15-16-33-31-14-13-29-22-30(17-19-38(29,4)34(31)18-20-39(32,33)5)46-37(45)40-21-8-6-7-12-36(44)41-23-28(25-42)35(43)24-41/h13,26-28,30-35,42-43H,6-12,14-25H2,1-5H3,(H,40,45)/t27?,28?,30?,31?,32-,33?,34?,35?,38?,39-/m1/s1. The second-order valence-electron chi connectivity index (χ2n) is 17.1. The maximum atomic E-state index is 12.7. The summed E-state index contributed by atoms with van der Waals surface area (Å²) in [6.07, 6.45) is 18.4. The average molecular weight is 643 g/mol. The number of hydrogen-bond donors (Lipinski definition) is 3. The molecule has 4 aliphatic carbocycles. The first-order valence-electron chi connectivity index (χ1n) is 19.2. The van der Waals surface area contributed by atoms with E-state index in [2.05, 4.69) is 46.0 Å². The number of allylic oxidation sites excluding steroid dienone is 1. The van der Waals surface area contributed by atoms with Gasteiger partial charge in [-0.2, -0.15) is 0 Å². The molecule has 3 N–H and O–H groups in total. The van der Waals surface area contributed by atoms with Gasteiger partial charge in [0.05, 0.1) is 12.7 Å². The highest BCUT2D eigenvalue weighted by molar-refractivity contribution is 5.76. The molecule has 7 heteroatoms. The van der Waals surface area contributed by atoms with Gasteiger partial charge in [-0.05, 0) is 104 Å². The van der Waals surface area contributed by atoms with Crippen LogP contribution < -0.4 is 5.32 Å². The monoisotopic (exact) mass is 642 g/mol. The summed E-state index contributed by atoms with van der Waals surface area (Å²) in [4.78, 5) is 26.7. The van der Waals surface area contributed by atoms with Gasteiger partial charge >= 0.3 is 6.09 Å². The summed E-state index contributed by atoms with van der Waals surface area (Å²) in [6, 6.07) is 0. The van der Waals surface area contributed by atoms with Crippen molar-refractivity contribution in [1.29, 1.82) is 0 Å². The number of β-amino-alcohol motifs (C(OH)–C–C–N with tert-alkyl or cyclic N) is 1. The van der Waals surface area contributed by atoms with E-state index in [0.717, 1.165) is 74.0 Å². The molecule has 1 aliphatic heterocycles. The Balaban J connectivity index is 1.03. The third-order valence-electron chi connectivity index (χ3n) is 13.9. The lowest BCUT2D eigenvalue weighted by molar-refractivity contribution is -0.130. The molecule has 0 bridgehead atoms. The largest absolute Gasteiger partial charge is 0.446 e. The van der Waals surface area contributed by atoms with Gasteiger partial charge in [-0.3, -0.25) is 4.79 Å². The van der Waals surface area contributed by atoms with E-state index in [-0.39, 0.29) is 36.0 Å². The molecule has 5 rings (SSSR count). The topological polar surface area (TPSA) is 99.1 Å². The maximum absolute atomic E-state index is 12.7. The number of amides is 2. The molecule has 0 aromatic carbocycles. The lowest BCUT2D eigenvalue weighted by Gasteiger charge is -2.58. The summed E-state index contributed by atoms with van der Waals surface area (Å²) in [6.45, 7) is 13.7. The van der Waals surface area contributed by atoms with Crippen LogP contribution in [0.15, 0.2) is 11.6 Å². The maximum Gasteiger partial charge on any atom is 0.407 e. The van der Waals surface area contributed by atoms with Gasteiger partial charge in [0.25, 0.3) is 0 Å². The molecule has 0 radical (unpaired) electrons. The van der Waals surface area contributed by atoms with Crippen LogP contribution in [0, 0.1) is 52.3 Å². The normalized spacial score (nSPS) is 37.7. The molecule has 1 heterocycles. The van der Waals surface area contributed by atoms with Crippen molar-refractivity contribution in [3.8, 4) is 0 Å². The van der Waals surface area contributed by atoms with E-state index in [0.29, 0.717) is 31.5 Å². The Hall–Kier alpha value is -1.60. The van der Waals surface area contributed by atoms with E-state index >= 15 is 0 Å². The number of alkyl carbamates (subject to hydrolysis) is 1. The van der Waals surface area contributed by atoms with Crippen LogP contribution in [0.1, 0.15) is 131 Å². The van der Waals surface area contributed by atoms with Gasteiger partial charge in [-0.25, -0.2) is 4.79 Å². The molecular formula is C39H66N2O5. The van der Waals surface area contributed by atoms with Crippen molar-refractivity contribution in [2.45, 2.75) is 143 Å². The predicted molar refractivity (Wildman–Crippen MR) is 183 cm³/mol. The minimum atomic E-state index is -0.630. The Morgan fingerprint density at radius 2 is 1.80 bits per heavy atom. The summed E-state index contributed by atoms with van der Waals surface area (Å²) in [5.74, 6) is 4.80. The Morgan fingerprint density at radius 3 is 2.54 bits per heavy atom. The van der Waals surface area contributed by atoms with Gasteiger partial charge in [-0.15, -0.1) is 0 Å². The number of carbonyl (C=O) groups excluding carboxylic acids is 2. The molecule has 262 valence electrons. The number of unbranched alkanes of at least 4 members (excludes halogenated alkanes) is 2. The van der Waals surface area contributed by atoms with Crippen LogP contribution >= 0.6 is 0 Å². The van der Waals surface area contributed by atoms with Crippen molar-refractivity contribution in [2.24, 2.45) is 52.3 Å². The van der Waals surface area contributed by atoms with Crippen molar-refractivity contribution in [3.63, 3.8) is 0 Å². The fourth-order valence-electron chi connectivity index (χ4n) is 11.1. The number of fused-ring (bicyclic) bond motifs is 5. The van der Waals surface area contributed by atoms with E-state index < -0.39 is 6.10 Å². The molecule has 46 heavy (non-hydrogen) atoms. The fraction of sp³-hybridized carbons (Fsp3) is 0.897. The second-order valence-corrected chi connectivity index (χ2v) is 17.1. The summed E-state index contributed by atoms with van der Waals surface area (Å²) in [5, 5.41) is 22.2. The smallest absolute Gasteiger partial charge is 0.407 e. The number of ether oxygens (including phenoxy) is 1. The van der Waals surface area contributed by atoms with Crippen LogP contribution in [-0.2, 0) is 9.53 Å². The molecule has 1 saturated heterocycles. The van der Waals surface area contributed by atoms with Crippen LogP contribution in [0.4, 0.5) is 4.79 Å². The van der Waals surface area contributed by atoms with E-state index in [1.807, 2.05) is 0 Å². The summed E-state index contributed by atoms with van der Waals surface area (Å²) < 4.78 is 5.94. The lowest BCUT2D eigenvalue weighted by Crippen LogP contribution is -2.51. The summed E-state index contributed by atoms with van der Waals surface area (Å²) >= 11 is 0. The second kappa shape index (κ2) is 15.3. The highest BCUT2D eigenvalue weighted by atomic mass is 16.6. The molecule has 0 aromatic heterocycles. The van der Waals surface area contributed by atoms with Gasteiger partial charge in [0.15, 0.2) is 0 Å². The van der Waals surface area contributed by atoms with Crippen molar-refractivity contribution >= 4 is 12.0 Å². The summed E-state index contributed by atoms with van der Waals surface area (Å²) in [7, 11) is 0. The Labute approximate surface area is 279 Å². The Kier molecular flexibility index (Phi) is 11.9.